The highest BCUT2D eigenvalue weighted by molar-refractivity contribution is 9.10. The third-order valence-electron chi connectivity index (χ3n) is 4.81. The monoisotopic (exact) mass is 551 g/mol. The summed E-state index contributed by atoms with van der Waals surface area (Å²) in [6.07, 6.45) is 0. The molecule has 1 aromatic heterocycles. The zero-order chi connectivity index (χ0) is 24.2. The molecule has 174 valence electrons. The first-order chi connectivity index (χ1) is 15.6. The molecule has 0 aliphatic rings. The number of nitrogens with one attached hydrogen (secondary N) is 2. The number of carboxylic acids is 1. The average Bonchev–Trinajstić information content (AvgIpc) is 3.28. The van der Waals surface area contributed by atoms with Crippen LogP contribution < -0.4 is 14.9 Å². The summed E-state index contributed by atoms with van der Waals surface area (Å²) in [4.78, 5) is 26.2. The first-order valence-corrected chi connectivity index (χ1v) is 13.1. The second-order valence-corrected chi connectivity index (χ2v) is 10.7. The lowest BCUT2D eigenvalue weighted by Crippen LogP contribution is -2.21. The second-order valence-electron chi connectivity index (χ2n) is 6.93. The first-order valence-electron chi connectivity index (χ1n) is 9.95. The molecule has 0 unspecified atom stereocenters. The van der Waals surface area contributed by atoms with E-state index < -0.39 is 21.9 Å². The lowest BCUT2D eigenvalue weighted by molar-refractivity contribution is 0.0698. The van der Waals surface area contributed by atoms with Crippen LogP contribution in [0.1, 0.15) is 34.6 Å². The molecule has 3 aromatic rings. The summed E-state index contributed by atoms with van der Waals surface area (Å²) in [5, 5.41) is 13.3. The van der Waals surface area contributed by atoms with E-state index in [1.807, 2.05) is 26.0 Å². The Bertz CT molecular complexity index is 1270. The molecule has 0 aliphatic carbocycles. The predicted molar refractivity (Wildman–Crippen MR) is 134 cm³/mol. The number of amides is 1. The molecule has 1 amide bonds. The number of benzene rings is 2. The molecule has 0 fully saturated rings. The quantitative estimate of drug-likeness (QED) is 0.340. The van der Waals surface area contributed by atoms with Crippen molar-refractivity contribution in [2.45, 2.75) is 18.1 Å². The number of carbonyl (C=O) groups is 2. The number of hydrogen-bond acceptors (Lipinski definition) is 6. The van der Waals surface area contributed by atoms with Gasteiger partial charge in [-0.3, -0.25) is 9.52 Å². The van der Waals surface area contributed by atoms with Gasteiger partial charge in [0.05, 0.1) is 16.8 Å². The molecular formula is C22H22BrN3O5S2. The highest BCUT2D eigenvalue weighted by atomic mass is 79.9. The van der Waals surface area contributed by atoms with Crippen molar-refractivity contribution >= 4 is 66.2 Å². The van der Waals surface area contributed by atoms with Crippen molar-refractivity contribution in [2.75, 3.05) is 28.0 Å². The van der Waals surface area contributed by atoms with Crippen molar-refractivity contribution in [1.82, 2.24) is 0 Å². The maximum absolute atomic E-state index is 12.8. The summed E-state index contributed by atoms with van der Waals surface area (Å²) in [6, 6.07) is 12.7. The van der Waals surface area contributed by atoms with Crippen molar-refractivity contribution in [3.8, 4) is 0 Å². The normalized spacial score (nSPS) is 11.1. The Morgan fingerprint density at radius 2 is 1.73 bits per heavy atom. The molecule has 3 N–H and O–H groups in total. The van der Waals surface area contributed by atoms with Gasteiger partial charge in [0.2, 0.25) is 0 Å². The van der Waals surface area contributed by atoms with Gasteiger partial charge in [0.25, 0.3) is 15.9 Å². The molecule has 0 bridgehead atoms. The van der Waals surface area contributed by atoms with Crippen molar-refractivity contribution < 1.29 is 23.1 Å². The number of anilines is 3. The SMILES string of the molecule is CCN(CC)c1ccc(NS(=O)(=O)c2cc(C(=O)Nc3ccc(Br)cc3C(=O)O)cs2)cc1. The van der Waals surface area contributed by atoms with E-state index >= 15 is 0 Å². The molecule has 0 spiro atoms. The van der Waals surface area contributed by atoms with Gasteiger partial charge in [-0.15, -0.1) is 11.3 Å². The number of sulfonamides is 1. The second kappa shape index (κ2) is 10.4. The summed E-state index contributed by atoms with van der Waals surface area (Å²) in [6.45, 7) is 5.78. The largest absolute Gasteiger partial charge is 0.478 e. The summed E-state index contributed by atoms with van der Waals surface area (Å²) in [7, 11) is -3.90. The summed E-state index contributed by atoms with van der Waals surface area (Å²) in [5.74, 6) is -1.81. The zero-order valence-electron chi connectivity index (χ0n) is 17.8. The summed E-state index contributed by atoms with van der Waals surface area (Å²) in [5.41, 5.74) is 1.53. The number of thiophene rings is 1. The fourth-order valence-corrected chi connectivity index (χ4v) is 5.69. The van der Waals surface area contributed by atoms with Crippen molar-refractivity contribution in [1.29, 1.82) is 0 Å². The van der Waals surface area contributed by atoms with Crippen molar-refractivity contribution in [3.63, 3.8) is 0 Å². The van der Waals surface area contributed by atoms with Crippen LogP contribution in [-0.4, -0.2) is 38.5 Å². The van der Waals surface area contributed by atoms with Crippen LogP contribution >= 0.6 is 27.3 Å². The van der Waals surface area contributed by atoms with E-state index in [9.17, 15) is 23.1 Å². The molecule has 3 rings (SSSR count). The molecule has 1 heterocycles. The molecule has 0 saturated heterocycles. The van der Waals surface area contributed by atoms with Gasteiger partial charge in [0.15, 0.2) is 0 Å². The fourth-order valence-electron chi connectivity index (χ4n) is 3.11. The molecule has 11 heteroatoms. The molecule has 0 saturated carbocycles. The maximum atomic E-state index is 12.8. The Morgan fingerprint density at radius 1 is 1.06 bits per heavy atom. The van der Waals surface area contributed by atoms with E-state index in [0.29, 0.717) is 10.2 Å². The first kappa shape index (κ1) is 24.7. The van der Waals surface area contributed by atoms with Gasteiger partial charge in [-0.2, -0.15) is 0 Å². The fraction of sp³-hybridized carbons (Fsp3) is 0.182. The lowest BCUT2D eigenvalue weighted by Gasteiger charge is -2.21. The van der Waals surface area contributed by atoms with Crippen LogP contribution in [-0.2, 0) is 10.0 Å². The van der Waals surface area contributed by atoms with E-state index in [2.05, 4.69) is 30.9 Å². The predicted octanol–water partition coefficient (Wildman–Crippen LogP) is 5.11. The Labute approximate surface area is 204 Å². The topological polar surface area (TPSA) is 116 Å². The lowest BCUT2D eigenvalue weighted by atomic mass is 10.1. The van der Waals surface area contributed by atoms with E-state index in [-0.39, 0.29) is 21.0 Å². The highest BCUT2D eigenvalue weighted by Crippen LogP contribution is 2.26. The number of carboxylic acid groups (broad SMARTS) is 1. The van der Waals surface area contributed by atoms with Gasteiger partial charge in [-0.25, -0.2) is 13.2 Å². The third kappa shape index (κ3) is 5.92. The number of rotatable bonds is 9. The molecular weight excluding hydrogens is 530 g/mol. The third-order valence-corrected chi connectivity index (χ3v) is 8.12. The molecule has 33 heavy (non-hydrogen) atoms. The van der Waals surface area contributed by atoms with Crippen LogP contribution in [0, 0.1) is 0 Å². The van der Waals surface area contributed by atoms with Crippen LogP contribution in [0.15, 0.2) is 62.6 Å². The van der Waals surface area contributed by atoms with Gasteiger partial charge in [-0.05, 0) is 62.4 Å². The van der Waals surface area contributed by atoms with E-state index in [1.165, 1.54) is 23.6 Å². The Morgan fingerprint density at radius 3 is 2.33 bits per heavy atom. The minimum atomic E-state index is -3.90. The van der Waals surface area contributed by atoms with Gasteiger partial charge in [0.1, 0.15) is 4.21 Å². The zero-order valence-corrected chi connectivity index (χ0v) is 21.1. The summed E-state index contributed by atoms with van der Waals surface area (Å²) < 4.78 is 28.6. The molecule has 8 nitrogen and oxygen atoms in total. The maximum Gasteiger partial charge on any atom is 0.337 e. The summed E-state index contributed by atoms with van der Waals surface area (Å²) >= 11 is 4.10. The Balaban J connectivity index is 1.75. The van der Waals surface area contributed by atoms with Crippen molar-refractivity contribution in [3.05, 3.63) is 69.5 Å². The standard InChI is InChI=1S/C22H22BrN3O5S2/c1-3-26(4-2)17-8-6-16(7-9-17)25-33(30,31)20-11-14(13-32-20)21(27)24-19-10-5-15(23)12-18(19)22(28)29/h5-13,25H,3-4H2,1-2H3,(H,24,27)(H,28,29). The number of nitrogens with zero attached hydrogens (tertiary/aromatic N) is 1. The van der Waals surface area contributed by atoms with E-state index in [4.69, 9.17) is 0 Å². The molecule has 0 aliphatic heterocycles. The van der Waals surface area contributed by atoms with Gasteiger partial charge < -0.3 is 15.3 Å². The molecule has 0 atom stereocenters. The van der Waals surface area contributed by atoms with Crippen LogP contribution in [0.25, 0.3) is 0 Å². The minimum Gasteiger partial charge on any atom is -0.478 e. The van der Waals surface area contributed by atoms with Gasteiger partial charge in [0, 0.05) is 34.3 Å². The minimum absolute atomic E-state index is 0.0327. The van der Waals surface area contributed by atoms with E-state index in [0.717, 1.165) is 30.1 Å². The van der Waals surface area contributed by atoms with Crippen LogP contribution in [0.3, 0.4) is 0 Å². The van der Waals surface area contributed by atoms with Gasteiger partial charge in [-0.1, -0.05) is 15.9 Å². The van der Waals surface area contributed by atoms with E-state index in [1.54, 1.807) is 18.2 Å². The number of halogens is 1. The molecule has 2 aromatic carbocycles. The number of hydrogen-bond donors (Lipinski definition) is 3. The van der Waals surface area contributed by atoms with Crippen LogP contribution in [0.2, 0.25) is 0 Å². The Kier molecular flexibility index (Phi) is 7.77. The van der Waals surface area contributed by atoms with Crippen LogP contribution in [0.4, 0.5) is 17.1 Å². The highest BCUT2D eigenvalue weighted by Gasteiger charge is 2.21. The smallest absolute Gasteiger partial charge is 0.337 e. The van der Waals surface area contributed by atoms with Crippen molar-refractivity contribution in [2.24, 2.45) is 0 Å². The van der Waals surface area contributed by atoms with Gasteiger partial charge >= 0.3 is 5.97 Å². The molecule has 0 radical (unpaired) electrons. The average molecular weight is 552 g/mol. The number of aromatic carboxylic acids is 1. The van der Waals surface area contributed by atoms with Crippen LogP contribution in [0.5, 0.6) is 0 Å². The Hall–Kier alpha value is -2.89. The number of carbonyl (C=O) groups excluding carboxylic acids is 1.